The second-order valence-corrected chi connectivity index (χ2v) is 6.19. The summed E-state index contributed by atoms with van der Waals surface area (Å²) < 4.78 is 0. The third kappa shape index (κ3) is 4.32. The fourth-order valence-electron chi connectivity index (χ4n) is 3.08. The Kier molecular flexibility index (Phi) is 6.06. The molecule has 2 heteroatoms. The van der Waals surface area contributed by atoms with E-state index in [-0.39, 0.29) is 12.1 Å². The van der Waals surface area contributed by atoms with Crippen molar-refractivity contribution in [3.8, 4) is 0 Å². The van der Waals surface area contributed by atoms with Gasteiger partial charge >= 0.3 is 0 Å². The molecular formula is C18H29NO. The molecule has 1 aromatic rings. The van der Waals surface area contributed by atoms with E-state index in [1.54, 1.807) is 0 Å². The standard InChI is InChI=1S/C18H29NO/c1-3-4-7-15-10-12-16(13-11-15)14(2)19-17-8-5-6-9-18(17)20/h10-14,17-20H,3-9H2,1-2H3. The van der Waals surface area contributed by atoms with Gasteiger partial charge in [0.1, 0.15) is 0 Å². The molecule has 2 nitrogen and oxygen atoms in total. The Bertz CT molecular complexity index is 387. The van der Waals surface area contributed by atoms with Crippen LogP contribution in [0, 0.1) is 0 Å². The zero-order valence-corrected chi connectivity index (χ0v) is 12.9. The molecule has 0 aliphatic heterocycles. The van der Waals surface area contributed by atoms with E-state index >= 15 is 0 Å². The van der Waals surface area contributed by atoms with Crippen LogP contribution >= 0.6 is 0 Å². The average molecular weight is 275 g/mol. The Morgan fingerprint density at radius 1 is 1.20 bits per heavy atom. The molecule has 3 atom stereocenters. The number of benzene rings is 1. The van der Waals surface area contributed by atoms with Crippen LogP contribution in [0.25, 0.3) is 0 Å². The predicted octanol–water partition coefficient (Wildman–Crippen LogP) is 3.98. The SMILES string of the molecule is CCCCc1ccc(C(C)NC2CCCCC2O)cc1. The molecule has 1 aliphatic carbocycles. The first-order valence-electron chi connectivity index (χ1n) is 8.23. The Hall–Kier alpha value is -0.860. The lowest BCUT2D eigenvalue weighted by atomic mass is 9.91. The van der Waals surface area contributed by atoms with Crippen LogP contribution in [-0.2, 0) is 6.42 Å². The van der Waals surface area contributed by atoms with Gasteiger partial charge in [-0.25, -0.2) is 0 Å². The third-order valence-electron chi connectivity index (χ3n) is 4.49. The van der Waals surface area contributed by atoms with E-state index in [4.69, 9.17) is 0 Å². The van der Waals surface area contributed by atoms with Crippen LogP contribution in [0.2, 0.25) is 0 Å². The molecule has 0 aromatic heterocycles. The Morgan fingerprint density at radius 2 is 1.90 bits per heavy atom. The lowest BCUT2D eigenvalue weighted by molar-refractivity contribution is 0.0860. The third-order valence-corrected chi connectivity index (χ3v) is 4.49. The van der Waals surface area contributed by atoms with Crippen LogP contribution in [-0.4, -0.2) is 17.3 Å². The van der Waals surface area contributed by atoms with Gasteiger partial charge in [-0.05, 0) is 43.7 Å². The van der Waals surface area contributed by atoms with Gasteiger partial charge in [-0.1, -0.05) is 50.5 Å². The minimum atomic E-state index is -0.171. The molecule has 0 radical (unpaired) electrons. The van der Waals surface area contributed by atoms with E-state index in [2.05, 4.69) is 43.4 Å². The molecule has 20 heavy (non-hydrogen) atoms. The molecule has 0 saturated heterocycles. The van der Waals surface area contributed by atoms with Crippen LogP contribution in [0.1, 0.15) is 69.5 Å². The van der Waals surface area contributed by atoms with Gasteiger partial charge in [-0.2, -0.15) is 0 Å². The second kappa shape index (κ2) is 7.80. The summed E-state index contributed by atoms with van der Waals surface area (Å²) in [5, 5.41) is 13.6. The quantitative estimate of drug-likeness (QED) is 0.823. The molecule has 3 unspecified atom stereocenters. The summed E-state index contributed by atoms with van der Waals surface area (Å²) in [6, 6.07) is 9.54. The van der Waals surface area contributed by atoms with Gasteiger partial charge in [0.15, 0.2) is 0 Å². The van der Waals surface area contributed by atoms with Crippen molar-refractivity contribution in [1.29, 1.82) is 0 Å². The second-order valence-electron chi connectivity index (χ2n) is 6.19. The normalized spacial score (nSPS) is 24.6. The highest BCUT2D eigenvalue weighted by atomic mass is 16.3. The number of aliphatic hydroxyl groups excluding tert-OH is 1. The number of hydrogen-bond donors (Lipinski definition) is 2. The summed E-state index contributed by atoms with van der Waals surface area (Å²) in [4.78, 5) is 0. The monoisotopic (exact) mass is 275 g/mol. The Morgan fingerprint density at radius 3 is 2.55 bits per heavy atom. The zero-order valence-electron chi connectivity index (χ0n) is 12.9. The minimum Gasteiger partial charge on any atom is -0.392 e. The summed E-state index contributed by atoms with van der Waals surface area (Å²) in [7, 11) is 0. The summed E-state index contributed by atoms with van der Waals surface area (Å²) >= 11 is 0. The number of nitrogens with one attached hydrogen (secondary N) is 1. The van der Waals surface area contributed by atoms with Crippen molar-refractivity contribution in [3.63, 3.8) is 0 Å². The minimum absolute atomic E-state index is 0.171. The number of unbranched alkanes of at least 4 members (excludes halogenated alkanes) is 1. The molecule has 0 spiro atoms. The molecule has 1 fully saturated rings. The van der Waals surface area contributed by atoms with E-state index in [0.29, 0.717) is 6.04 Å². The lowest BCUT2D eigenvalue weighted by Crippen LogP contribution is -2.43. The number of aliphatic hydroxyl groups is 1. The molecule has 2 rings (SSSR count). The first-order valence-corrected chi connectivity index (χ1v) is 8.23. The van der Waals surface area contributed by atoms with Crippen LogP contribution in [0.4, 0.5) is 0 Å². The first kappa shape index (κ1) is 15.5. The van der Waals surface area contributed by atoms with Crippen molar-refractivity contribution in [3.05, 3.63) is 35.4 Å². The van der Waals surface area contributed by atoms with Gasteiger partial charge in [-0.15, -0.1) is 0 Å². The molecule has 2 N–H and O–H groups in total. The summed E-state index contributed by atoms with van der Waals surface area (Å²) in [6.07, 6.45) is 7.97. The molecule has 0 bridgehead atoms. The highest BCUT2D eigenvalue weighted by Crippen LogP contribution is 2.22. The van der Waals surface area contributed by atoms with Gasteiger partial charge in [0.05, 0.1) is 6.10 Å². The van der Waals surface area contributed by atoms with Crippen molar-refractivity contribution >= 4 is 0 Å². The van der Waals surface area contributed by atoms with Gasteiger partial charge < -0.3 is 10.4 Å². The maximum absolute atomic E-state index is 10.0. The summed E-state index contributed by atoms with van der Waals surface area (Å²) in [5.74, 6) is 0. The van der Waals surface area contributed by atoms with E-state index < -0.39 is 0 Å². The van der Waals surface area contributed by atoms with E-state index in [1.807, 2.05) is 0 Å². The number of hydrogen-bond acceptors (Lipinski definition) is 2. The molecule has 1 aromatic carbocycles. The van der Waals surface area contributed by atoms with Crippen LogP contribution in [0.3, 0.4) is 0 Å². The average Bonchev–Trinajstić information content (AvgIpc) is 2.48. The van der Waals surface area contributed by atoms with Gasteiger partial charge in [0.25, 0.3) is 0 Å². The van der Waals surface area contributed by atoms with Crippen molar-refractivity contribution in [2.24, 2.45) is 0 Å². The van der Waals surface area contributed by atoms with E-state index in [9.17, 15) is 5.11 Å². The van der Waals surface area contributed by atoms with Gasteiger partial charge in [0.2, 0.25) is 0 Å². The topological polar surface area (TPSA) is 32.3 Å². The first-order chi connectivity index (χ1) is 9.70. The maximum atomic E-state index is 10.0. The van der Waals surface area contributed by atoms with Gasteiger partial charge in [0, 0.05) is 12.1 Å². The number of rotatable bonds is 6. The van der Waals surface area contributed by atoms with Crippen LogP contribution < -0.4 is 5.32 Å². The Labute approximate surface area is 123 Å². The van der Waals surface area contributed by atoms with Gasteiger partial charge in [-0.3, -0.25) is 0 Å². The molecule has 0 heterocycles. The molecule has 112 valence electrons. The van der Waals surface area contributed by atoms with Crippen molar-refractivity contribution in [1.82, 2.24) is 5.32 Å². The smallest absolute Gasteiger partial charge is 0.0693 e. The fourth-order valence-corrected chi connectivity index (χ4v) is 3.08. The van der Waals surface area contributed by atoms with Crippen molar-refractivity contribution in [2.75, 3.05) is 0 Å². The largest absolute Gasteiger partial charge is 0.392 e. The lowest BCUT2D eigenvalue weighted by Gasteiger charge is -2.31. The predicted molar refractivity (Wildman–Crippen MR) is 84.9 cm³/mol. The summed E-state index contributed by atoms with van der Waals surface area (Å²) in [5.41, 5.74) is 2.75. The maximum Gasteiger partial charge on any atom is 0.0693 e. The summed E-state index contributed by atoms with van der Waals surface area (Å²) in [6.45, 7) is 4.43. The number of aryl methyl sites for hydroxylation is 1. The fraction of sp³-hybridized carbons (Fsp3) is 0.667. The van der Waals surface area contributed by atoms with E-state index in [0.717, 1.165) is 12.8 Å². The van der Waals surface area contributed by atoms with E-state index in [1.165, 1.54) is 43.2 Å². The van der Waals surface area contributed by atoms with Crippen molar-refractivity contribution in [2.45, 2.75) is 77.0 Å². The molecular weight excluding hydrogens is 246 g/mol. The highest BCUT2D eigenvalue weighted by molar-refractivity contribution is 5.25. The molecule has 1 aliphatic rings. The van der Waals surface area contributed by atoms with Crippen molar-refractivity contribution < 1.29 is 5.11 Å². The molecule has 1 saturated carbocycles. The van der Waals surface area contributed by atoms with Crippen LogP contribution in [0.15, 0.2) is 24.3 Å². The zero-order chi connectivity index (χ0) is 14.4. The Balaban J connectivity index is 1.89. The highest BCUT2D eigenvalue weighted by Gasteiger charge is 2.24. The molecule has 0 amide bonds. The van der Waals surface area contributed by atoms with Crippen LogP contribution in [0.5, 0.6) is 0 Å².